The number of hydrogen-bond donors (Lipinski definition) is 0. The highest BCUT2D eigenvalue weighted by molar-refractivity contribution is 6.15. The first-order valence-corrected chi connectivity index (χ1v) is 21.7. The highest BCUT2D eigenvalue weighted by Gasteiger charge is 2.23. The second-order valence-electron chi connectivity index (χ2n) is 16.4. The van der Waals surface area contributed by atoms with Crippen LogP contribution in [0.4, 0.5) is 0 Å². The van der Waals surface area contributed by atoms with Crippen molar-refractivity contribution in [3.05, 3.63) is 224 Å². The molecule has 10 aromatic carbocycles. The van der Waals surface area contributed by atoms with Gasteiger partial charge in [0, 0.05) is 38.4 Å². The Morgan fingerprint density at radius 2 is 0.797 bits per heavy atom. The molecule has 0 aliphatic carbocycles. The predicted octanol–water partition coefficient (Wildman–Crippen LogP) is 15.0. The van der Waals surface area contributed by atoms with Gasteiger partial charge in [-0.2, -0.15) is 0 Å². The van der Waals surface area contributed by atoms with Crippen LogP contribution >= 0.6 is 0 Å². The molecule has 0 unspecified atom stereocenters. The molecule has 5 nitrogen and oxygen atoms in total. The zero-order chi connectivity index (χ0) is 42.1. The lowest BCUT2D eigenvalue weighted by molar-refractivity contribution is 1.07. The normalized spacial score (nSPS) is 11.8. The van der Waals surface area contributed by atoms with Crippen LogP contribution in [0.15, 0.2) is 224 Å². The third-order valence-electron chi connectivity index (χ3n) is 12.7. The summed E-state index contributed by atoms with van der Waals surface area (Å²) in [5.74, 6) is 1.81. The number of rotatable bonds is 6. The molecule has 298 valence electrons. The molecule has 13 rings (SSSR count). The van der Waals surface area contributed by atoms with E-state index >= 15 is 0 Å². The molecular formula is C59H37N5. The molecule has 0 saturated carbocycles. The van der Waals surface area contributed by atoms with E-state index in [1.54, 1.807) is 0 Å². The lowest BCUT2D eigenvalue weighted by Crippen LogP contribution is -2.04. The van der Waals surface area contributed by atoms with E-state index in [1.807, 2.05) is 6.07 Å². The van der Waals surface area contributed by atoms with Crippen LogP contribution in [-0.4, -0.2) is 24.1 Å². The smallest absolute Gasteiger partial charge is 0.166 e. The molecule has 5 heteroatoms. The summed E-state index contributed by atoms with van der Waals surface area (Å²) in [4.78, 5) is 16.4. The third kappa shape index (κ3) is 5.75. The second-order valence-corrected chi connectivity index (χ2v) is 16.4. The van der Waals surface area contributed by atoms with E-state index in [1.165, 1.54) is 32.3 Å². The molecular weight excluding hydrogens is 779 g/mol. The maximum absolute atomic E-state index is 5.53. The molecule has 0 aliphatic heterocycles. The molecule has 0 amide bonds. The van der Waals surface area contributed by atoms with Crippen LogP contribution in [0.1, 0.15) is 0 Å². The Morgan fingerprint density at radius 1 is 0.266 bits per heavy atom. The fourth-order valence-corrected chi connectivity index (χ4v) is 9.78. The Labute approximate surface area is 368 Å². The third-order valence-corrected chi connectivity index (χ3v) is 12.7. The summed E-state index contributed by atoms with van der Waals surface area (Å²) < 4.78 is 4.75. The van der Waals surface area contributed by atoms with Gasteiger partial charge in [0.05, 0.1) is 33.3 Å². The zero-order valence-electron chi connectivity index (χ0n) is 34.6. The quantitative estimate of drug-likeness (QED) is 0.168. The van der Waals surface area contributed by atoms with E-state index in [9.17, 15) is 0 Å². The van der Waals surface area contributed by atoms with Crippen molar-refractivity contribution in [2.75, 3.05) is 0 Å². The van der Waals surface area contributed by atoms with Crippen LogP contribution in [0.25, 0.3) is 122 Å². The number of fused-ring (bicyclic) bond motifs is 8. The lowest BCUT2D eigenvalue weighted by atomic mass is 10.0. The molecule has 0 fully saturated rings. The maximum atomic E-state index is 5.53. The Morgan fingerprint density at radius 3 is 1.56 bits per heavy atom. The van der Waals surface area contributed by atoms with Gasteiger partial charge in [0.15, 0.2) is 17.5 Å². The van der Waals surface area contributed by atoms with Crippen molar-refractivity contribution in [2.24, 2.45) is 0 Å². The zero-order valence-corrected chi connectivity index (χ0v) is 34.6. The van der Waals surface area contributed by atoms with Gasteiger partial charge < -0.3 is 9.13 Å². The fraction of sp³-hybridized carbons (Fsp3) is 0. The number of hydrogen-bond acceptors (Lipinski definition) is 3. The van der Waals surface area contributed by atoms with Gasteiger partial charge in [-0.05, 0) is 87.3 Å². The average Bonchev–Trinajstić information content (AvgIpc) is 3.87. The molecule has 0 spiro atoms. The Bertz CT molecular complexity index is 3960. The van der Waals surface area contributed by atoms with Crippen molar-refractivity contribution in [3.8, 4) is 56.7 Å². The van der Waals surface area contributed by atoms with Gasteiger partial charge in [-0.3, -0.25) is 0 Å². The van der Waals surface area contributed by atoms with E-state index in [2.05, 4.69) is 228 Å². The van der Waals surface area contributed by atoms with Crippen molar-refractivity contribution >= 4 is 65.2 Å². The molecule has 3 heterocycles. The van der Waals surface area contributed by atoms with E-state index in [-0.39, 0.29) is 0 Å². The van der Waals surface area contributed by atoms with Crippen LogP contribution in [-0.2, 0) is 0 Å². The van der Waals surface area contributed by atoms with Crippen LogP contribution in [0, 0.1) is 0 Å². The van der Waals surface area contributed by atoms with Crippen molar-refractivity contribution in [2.45, 2.75) is 0 Å². The first-order valence-electron chi connectivity index (χ1n) is 21.7. The molecule has 0 atom stereocenters. The van der Waals surface area contributed by atoms with E-state index in [0.29, 0.717) is 17.5 Å². The maximum Gasteiger partial charge on any atom is 0.166 e. The molecule has 0 saturated heterocycles. The summed E-state index contributed by atoms with van der Waals surface area (Å²) in [6.07, 6.45) is 0. The largest absolute Gasteiger partial charge is 0.309 e. The topological polar surface area (TPSA) is 48.5 Å². The highest BCUT2D eigenvalue weighted by Crippen LogP contribution is 2.42. The summed E-state index contributed by atoms with van der Waals surface area (Å²) in [7, 11) is 0. The minimum atomic E-state index is 0.601. The molecule has 0 bridgehead atoms. The summed E-state index contributed by atoms with van der Waals surface area (Å²) in [5, 5.41) is 9.33. The second kappa shape index (κ2) is 14.5. The van der Waals surface area contributed by atoms with Gasteiger partial charge in [0.2, 0.25) is 0 Å². The van der Waals surface area contributed by atoms with E-state index in [4.69, 9.17) is 15.0 Å². The monoisotopic (exact) mass is 815 g/mol. The highest BCUT2D eigenvalue weighted by atomic mass is 15.1. The number of aromatic nitrogens is 5. The van der Waals surface area contributed by atoms with Gasteiger partial charge in [-0.25, -0.2) is 15.0 Å². The number of benzene rings is 10. The Kier molecular flexibility index (Phi) is 8.15. The van der Waals surface area contributed by atoms with Crippen LogP contribution < -0.4 is 0 Å². The summed E-state index contributed by atoms with van der Waals surface area (Å²) in [5.41, 5.74) is 11.6. The summed E-state index contributed by atoms with van der Waals surface area (Å²) in [6.45, 7) is 0. The average molecular weight is 816 g/mol. The minimum absolute atomic E-state index is 0.601. The van der Waals surface area contributed by atoms with Gasteiger partial charge >= 0.3 is 0 Å². The molecule has 13 aromatic rings. The molecule has 0 aliphatic rings. The summed E-state index contributed by atoms with van der Waals surface area (Å²) >= 11 is 0. The first-order chi connectivity index (χ1) is 31.7. The van der Waals surface area contributed by atoms with Gasteiger partial charge in [0.25, 0.3) is 0 Å². The van der Waals surface area contributed by atoms with Crippen molar-refractivity contribution in [1.82, 2.24) is 24.1 Å². The predicted molar refractivity (Wildman–Crippen MR) is 265 cm³/mol. The number of para-hydroxylation sites is 3. The van der Waals surface area contributed by atoms with Crippen molar-refractivity contribution < 1.29 is 0 Å². The van der Waals surface area contributed by atoms with Crippen molar-refractivity contribution in [3.63, 3.8) is 0 Å². The van der Waals surface area contributed by atoms with Crippen LogP contribution in [0.3, 0.4) is 0 Å². The first kappa shape index (κ1) is 36.0. The standard InChI is InChI=1S/C59H37N5/c1-3-16-38(17-4-1)40-21-15-22-43(34-40)57-60-58(44-30-32-49-47-26-11-13-28-51(47)63(54(49)37-44)45-23-5-2-6-24-45)62-59(61-57)56-46-25-10-9-18-39(46)31-33-53(56)64-52-29-14-12-27-48(52)50-35-41-19-7-8-20-42(41)36-55(50)64/h1-37H. The van der Waals surface area contributed by atoms with Crippen molar-refractivity contribution in [1.29, 1.82) is 0 Å². The van der Waals surface area contributed by atoms with E-state index in [0.717, 1.165) is 72.0 Å². The SMILES string of the molecule is c1ccc(-c2cccc(-c3nc(-c4ccc5c6ccccc6n(-c6ccccc6)c5c4)nc(-c4c(-n5c6ccccc6c6cc7ccccc7cc65)ccc5ccccc45)n3)c2)cc1. The Hall–Kier alpha value is -8.67. The lowest BCUT2D eigenvalue weighted by Gasteiger charge is -2.17. The van der Waals surface area contributed by atoms with Gasteiger partial charge in [0.1, 0.15) is 0 Å². The van der Waals surface area contributed by atoms with Gasteiger partial charge in [-0.15, -0.1) is 0 Å². The van der Waals surface area contributed by atoms with Gasteiger partial charge in [-0.1, -0.05) is 170 Å². The molecule has 64 heavy (non-hydrogen) atoms. The Balaban J connectivity index is 1.11. The summed E-state index contributed by atoms with van der Waals surface area (Å²) in [6, 6.07) is 79.8. The number of nitrogens with zero attached hydrogens (tertiary/aromatic N) is 5. The molecule has 0 radical (unpaired) electrons. The van der Waals surface area contributed by atoms with E-state index < -0.39 is 0 Å². The fourth-order valence-electron chi connectivity index (χ4n) is 9.78. The minimum Gasteiger partial charge on any atom is -0.309 e. The van der Waals surface area contributed by atoms with Crippen LogP contribution in [0.5, 0.6) is 0 Å². The van der Waals surface area contributed by atoms with Crippen LogP contribution in [0.2, 0.25) is 0 Å². The molecule has 0 N–H and O–H groups in total. The molecule has 3 aromatic heterocycles.